The van der Waals surface area contributed by atoms with Gasteiger partial charge in [0.25, 0.3) is 5.91 Å². The molecule has 3 rings (SSSR count). The zero-order chi connectivity index (χ0) is 14.9. The molecule has 1 N–H and O–H groups in total. The van der Waals surface area contributed by atoms with E-state index in [9.17, 15) is 4.79 Å². The van der Waals surface area contributed by atoms with Crippen molar-refractivity contribution in [2.75, 3.05) is 13.2 Å². The maximum absolute atomic E-state index is 12.2. The number of hydrogen-bond acceptors (Lipinski definition) is 4. The molecule has 0 aromatic carbocycles. The Morgan fingerprint density at radius 2 is 2.48 bits per heavy atom. The van der Waals surface area contributed by atoms with Gasteiger partial charge in [0, 0.05) is 11.9 Å². The molecule has 1 amide bonds. The minimum atomic E-state index is -0.0459. The average Bonchev–Trinajstić information content (AvgIpc) is 3.03. The van der Waals surface area contributed by atoms with Gasteiger partial charge in [0.2, 0.25) is 0 Å². The summed E-state index contributed by atoms with van der Waals surface area (Å²) >= 11 is 1.53. The zero-order valence-corrected chi connectivity index (χ0v) is 13.3. The number of hydrogen-bond donors (Lipinski definition) is 1. The van der Waals surface area contributed by atoms with Crippen LogP contribution in [0.3, 0.4) is 0 Å². The highest BCUT2D eigenvalue weighted by atomic mass is 32.1. The normalized spacial score (nSPS) is 21.5. The molecule has 1 aliphatic rings. The van der Waals surface area contributed by atoms with Gasteiger partial charge in [-0.05, 0) is 24.7 Å². The summed E-state index contributed by atoms with van der Waals surface area (Å²) in [5.74, 6) is -0.0459. The van der Waals surface area contributed by atoms with Crippen molar-refractivity contribution in [2.45, 2.75) is 39.2 Å². The number of nitrogens with one attached hydrogen (secondary N) is 1. The van der Waals surface area contributed by atoms with Crippen molar-refractivity contribution >= 4 is 22.1 Å². The first kappa shape index (κ1) is 14.5. The number of ether oxygens (including phenoxy) is 1. The number of thiazole rings is 1. The van der Waals surface area contributed by atoms with Crippen molar-refractivity contribution < 1.29 is 9.53 Å². The van der Waals surface area contributed by atoms with Crippen LogP contribution in [0.2, 0.25) is 0 Å². The van der Waals surface area contributed by atoms with Crippen molar-refractivity contribution in [3.8, 4) is 0 Å². The lowest BCUT2D eigenvalue weighted by atomic mass is 9.85. The van der Waals surface area contributed by atoms with Gasteiger partial charge < -0.3 is 10.1 Å². The van der Waals surface area contributed by atoms with E-state index in [4.69, 9.17) is 4.74 Å². The summed E-state index contributed by atoms with van der Waals surface area (Å²) in [5.41, 5.74) is 0.946. The van der Waals surface area contributed by atoms with Crippen LogP contribution in [0.1, 0.15) is 43.6 Å². The van der Waals surface area contributed by atoms with E-state index in [1.165, 1.54) is 17.8 Å². The first-order chi connectivity index (χ1) is 10.1. The van der Waals surface area contributed by atoms with Crippen LogP contribution in [0.15, 0.2) is 17.9 Å². The quantitative estimate of drug-likeness (QED) is 0.945. The van der Waals surface area contributed by atoms with E-state index in [1.807, 2.05) is 9.78 Å². The van der Waals surface area contributed by atoms with Crippen molar-refractivity contribution in [1.29, 1.82) is 0 Å². The highest BCUT2D eigenvalue weighted by molar-refractivity contribution is 7.15. The number of amides is 1. The Morgan fingerprint density at radius 3 is 3.24 bits per heavy atom. The van der Waals surface area contributed by atoms with E-state index in [0.29, 0.717) is 17.7 Å². The van der Waals surface area contributed by atoms with Gasteiger partial charge in [-0.1, -0.05) is 13.8 Å². The number of aromatic nitrogens is 2. The van der Waals surface area contributed by atoms with Gasteiger partial charge in [-0.25, -0.2) is 4.98 Å². The fourth-order valence-electron chi connectivity index (χ4n) is 2.60. The van der Waals surface area contributed by atoms with Crippen molar-refractivity contribution in [2.24, 2.45) is 5.41 Å². The molecule has 3 heterocycles. The lowest BCUT2D eigenvalue weighted by molar-refractivity contribution is -0.0506. The topological polar surface area (TPSA) is 55.6 Å². The molecule has 0 bridgehead atoms. The van der Waals surface area contributed by atoms with Crippen molar-refractivity contribution in [3.05, 3.63) is 23.6 Å². The van der Waals surface area contributed by atoms with Gasteiger partial charge in [0.05, 0.1) is 18.9 Å². The predicted molar refractivity (Wildman–Crippen MR) is 82.8 cm³/mol. The highest BCUT2D eigenvalue weighted by Gasteiger charge is 2.27. The molecule has 0 radical (unpaired) electrons. The molecule has 114 valence electrons. The van der Waals surface area contributed by atoms with E-state index >= 15 is 0 Å². The number of fused-ring (bicyclic) bond motifs is 1. The van der Waals surface area contributed by atoms with Crippen molar-refractivity contribution in [1.82, 2.24) is 14.7 Å². The van der Waals surface area contributed by atoms with Gasteiger partial charge in [-0.15, -0.1) is 11.3 Å². The molecule has 1 saturated heterocycles. The van der Waals surface area contributed by atoms with Crippen LogP contribution in [0.5, 0.6) is 0 Å². The Balaban J connectivity index is 1.48. The minimum Gasteiger partial charge on any atom is -0.378 e. The number of nitrogens with zero attached hydrogens (tertiary/aromatic N) is 2. The second-order valence-corrected chi connectivity index (χ2v) is 7.29. The summed E-state index contributed by atoms with van der Waals surface area (Å²) in [6, 6.07) is 0. The molecule has 1 aliphatic heterocycles. The number of carbonyl (C=O) groups is 1. The van der Waals surface area contributed by atoms with Gasteiger partial charge in [-0.2, -0.15) is 0 Å². The summed E-state index contributed by atoms with van der Waals surface area (Å²) in [5, 5.41) is 4.84. The fourth-order valence-corrected chi connectivity index (χ4v) is 3.44. The van der Waals surface area contributed by atoms with Gasteiger partial charge in [-0.3, -0.25) is 9.20 Å². The molecule has 0 aliphatic carbocycles. The predicted octanol–water partition coefficient (Wildman–Crippen LogP) is 2.72. The van der Waals surface area contributed by atoms with Crippen LogP contribution in [-0.2, 0) is 4.74 Å². The SMILES string of the molecule is CC1(C)CCC(CCNC(=O)c2csc3cncn23)OC1. The molecule has 21 heavy (non-hydrogen) atoms. The van der Waals surface area contributed by atoms with Crippen LogP contribution in [0.4, 0.5) is 0 Å². The van der Waals surface area contributed by atoms with E-state index in [2.05, 4.69) is 24.1 Å². The van der Waals surface area contributed by atoms with Gasteiger partial charge in [0.1, 0.15) is 16.9 Å². The highest BCUT2D eigenvalue weighted by Crippen LogP contribution is 2.30. The Hall–Kier alpha value is -1.40. The molecule has 0 saturated carbocycles. The Kier molecular flexibility index (Phi) is 3.99. The molecule has 0 spiro atoms. The maximum Gasteiger partial charge on any atom is 0.269 e. The third-order valence-electron chi connectivity index (χ3n) is 3.99. The third kappa shape index (κ3) is 3.27. The fraction of sp³-hybridized carbons (Fsp3) is 0.600. The lowest BCUT2D eigenvalue weighted by Gasteiger charge is -2.34. The Labute approximate surface area is 128 Å². The molecule has 1 atom stereocenters. The zero-order valence-electron chi connectivity index (χ0n) is 12.5. The van der Waals surface area contributed by atoms with Crippen LogP contribution >= 0.6 is 11.3 Å². The number of carbonyl (C=O) groups excluding carboxylic acids is 1. The largest absolute Gasteiger partial charge is 0.378 e. The molecule has 1 fully saturated rings. The van der Waals surface area contributed by atoms with E-state index in [0.717, 1.165) is 24.3 Å². The van der Waals surface area contributed by atoms with Crippen LogP contribution in [0, 0.1) is 5.41 Å². The summed E-state index contributed by atoms with van der Waals surface area (Å²) in [7, 11) is 0. The monoisotopic (exact) mass is 307 g/mol. The Bertz CT molecular complexity index is 622. The lowest BCUT2D eigenvalue weighted by Crippen LogP contribution is -2.34. The molecule has 2 aromatic rings. The van der Waals surface area contributed by atoms with Crippen LogP contribution < -0.4 is 5.32 Å². The summed E-state index contributed by atoms with van der Waals surface area (Å²) in [4.78, 5) is 17.2. The second kappa shape index (κ2) is 5.77. The van der Waals surface area contributed by atoms with E-state index in [-0.39, 0.29) is 12.0 Å². The first-order valence-corrected chi connectivity index (χ1v) is 8.22. The standard InChI is InChI=1S/C15H21N3O2S/c1-15(2)5-3-11(20-9-15)4-6-17-14(19)12-8-21-13-7-16-10-18(12)13/h7-8,10-11H,3-6,9H2,1-2H3,(H,17,19). The Morgan fingerprint density at radius 1 is 1.62 bits per heavy atom. The number of rotatable bonds is 4. The van der Waals surface area contributed by atoms with E-state index in [1.54, 1.807) is 12.5 Å². The molecule has 1 unspecified atom stereocenters. The smallest absolute Gasteiger partial charge is 0.269 e. The van der Waals surface area contributed by atoms with Crippen molar-refractivity contribution in [3.63, 3.8) is 0 Å². The van der Waals surface area contributed by atoms with Gasteiger partial charge >= 0.3 is 0 Å². The maximum atomic E-state index is 12.2. The second-order valence-electron chi connectivity index (χ2n) is 6.40. The average molecular weight is 307 g/mol. The van der Waals surface area contributed by atoms with Gasteiger partial charge in [0.15, 0.2) is 0 Å². The van der Waals surface area contributed by atoms with Crippen LogP contribution in [0.25, 0.3) is 4.83 Å². The van der Waals surface area contributed by atoms with E-state index < -0.39 is 0 Å². The summed E-state index contributed by atoms with van der Waals surface area (Å²) in [6.45, 7) is 5.93. The molecule has 5 nitrogen and oxygen atoms in total. The summed E-state index contributed by atoms with van der Waals surface area (Å²) < 4.78 is 7.68. The minimum absolute atomic E-state index is 0.0459. The summed E-state index contributed by atoms with van der Waals surface area (Å²) in [6.07, 6.45) is 6.85. The molecule has 6 heteroatoms. The molecular weight excluding hydrogens is 286 g/mol. The first-order valence-electron chi connectivity index (χ1n) is 7.34. The van der Waals surface area contributed by atoms with Crippen LogP contribution in [-0.4, -0.2) is 34.5 Å². The molecule has 2 aromatic heterocycles. The molecular formula is C15H21N3O2S. The number of imidazole rings is 1. The third-order valence-corrected chi connectivity index (χ3v) is 4.88.